The normalized spacial score (nSPS) is 10.7. The van der Waals surface area contributed by atoms with Crippen molar-refractivity contribution in [2.45, 2.75) is 0 Å². The molecule has 4 aromatic heterocycles. The number of ether oxygens (including phenoxy) is 7. The molecule has 4 heterocycles. The number of hydrogen-bond donors (Lipinski definition) is 4. The molecule has 0 bridgehead atoms. The van der Waals surface area contributed by atoms with E-state index in [0.29, 0.717) is 113 Å². The molecule has 0 radical (unpaired) electrons. The quantitative estimate of drug-likeness (QED) is 0.0486. The third-order valence-corrected chi connectivity index (χ3v) is 18.7. The second-order valence-corrected chi connectivity index (χ2v) is 27.9. The number of rotatable bonds is 17. The molecule has 4 N–H and O–H groups in total. The first-order chi connectivity index (χ1) is 59.6. The molecule has 0 spiro atoms. The summed E-state index contributed by atoms with van der Waals surface area (Å²) in [5.74, 6) is -0.604. The maximum atomic E-state index is 13.4. The molecule has 17 rings (SSSR count). The number of likely N-dealkylation sites (N-methyl/N-ethyl adjacent to an activating group) is 2. The van der Waals surface area contributed by atoms with E-state index in [9.17, 15) is 55.8 Å². The van der Waals surface area contributed by atoms with Crippen molar-refractivity contribution in [2.24, 2.45) is 0 Å². The minimum atomic E-state index is -1.19. The van der Waals surface area contributed by atoms with Gasteiger partial charge in [0.25, 0.3) is 0 Å². The number of phenolic OH excluding ortho intramolecular Hbond substituents is 2. The zero-order chi connectivity index (χ0) is 88.8. The number of nitrogens with zero attached hydrogens (tertiary/aromatic N) is 2. The van der Waals surface area contributed by atoms with Gasteiger partial charge in [0.1, 0.15) is 87.4 Å². The van der Waals surface area contributed by atoms with Crippen LogP contribution in [-0.4, -0.2) is 118 Å². The second-order valence-electron chi connectivity index (χ2n) is 27.1. The van der Waals surface area contributed by atoms with Crippen molar-refractivity contribution in [1.82, 2.24) is 9.80 Å². The fraction of sp³-hybridized carbons (Fsp3) is 0.116. The fourth-order valence-electron chi connectivity index (χ4n) is 11.9. The van der Waals surface area contributed by atoms with E-state index in [1.165, 1.54) is 82.0 Å². The molecular weight excluding hydrogens is 1680 g/mol. The van der Waals surface area contributed by atoms with Crippen LogP contribution in [0.5, 0.6) is 63.2 Å². The number of benzene rings is 13. The third-order valence-electron chi connectivity index (χ3n) is 18.0. The molecule has 0 saturated carbocycles. The van der Waals surface area contributed by atoms with Gasteiger partial charge in [0, 0.05) is 47.9 Å². The number of aromatic hydroxyl groups is 2. The molecule has 124 heavy (non-hydrogen) atoms. The highest BCUT2D eigenvalue weighted by atomic mass is 79.9. The minimum Gasteiger partial charge on any atom is -0.504 e. The molecular formula is C95H76BrF5N2O21. The summed E-state index contributed by atoms with van der Waals surface area (Å²) in [6.07, 6.45) is 0. The lowest BCUT2D eigenvalue weighted by molar-refractivity contribution is 0.0684. The van der Waals surface area contributed by atoms with E-state index in [1.807, 2.05) is 80.5 Å². The Morgan fingerprint density at radius 2 is 0.685 bits per heavy atom. The summed E-state index contributed by atoms with van der Waals surface area (Å²) in [7, 11) is 12.3. The first kappa shape index (κ1) is 89.7. The Morgan fingerprint density at radius 1 is 0.331 bits per heavy atom. The topological polar surface area (TPSA) is 307 Å². The van der Waals surface area contributed by atoms with Crippen LogP contribution in [0.15, 0.2) is 302 Å². The smallest absolute Gasteiger partial charge is 0.339 e. The first-order valence-corrected chi connectivity index (χ1v) is 38.2. The van der Waals surface area contributed by atoms with Gasteiger partial charge in [-0.1, -0.05) is 66.7 Å². The Labute approximate surface area is 709 Å². The van der Waals surface area contributed by atoms with Crippen LogP contribution in [0.3, 0.4) is 0 Å². The SMILES string of the molecule is CN(C)CCOc1cccc2c(=O)c3ccc(F)cc3oc12.CN(C)CCOc1cccc2c(=O)c3ccc(Oc4ccccc4)cc3oc12.COc1cccc2c(=O)c3ccc(F)cc3oc12.COc1ccccc1O.COc1ccccc1Oc1cc(F)ccc1C(=O)O.O=C(O)c1ccc(F)cc1Br.O=c1c2ccc(F)cc2oc2c(O)cccc12. The van der Waals surface area contributed by atoms with Gasteiger partial charge >= 0.3 is 11.9 Å². The van der Waals surface area contributed by atoms with E-state index in [2.05, 4.69) is 15.9 Å². The minimum absolute atomic E-state index is 0.0615. The molecule has 23 nitrogen and oxygen atoms in total. The number of halogens is 6. The molecule has 0 aliphatic carbocycles. The number of fused-ring (bicyclic) bond motifs is 8. The maximum absolute atomic E-state index is 13.4. The van der Waals surface area contributed by atoms with Crippen molar-refractivity contribution in [3.63, 3.8) is 0 Å². The molecule has 0 aliphatic rings. The Morgan fingerprint density at radius 3 is 1.13 bits per heavy atom. The number of methoxy groups -OCH3 is 3. The van der Waals surface area contributed by atoms with Gasteiger partial charge in [-0.2, -0.15) is 0 Å². The van der Waals surface area contributed by atoms with Gasteiger partial charge in [0.2, 0.25) is 21.7 Å². The zero-order valence-corrected chi connectivity index (χ0v) is 68.6. The molecule has 0 atom stereocenters. The summed E-state index contributed by atoms with van der Waals surface area (Å²) in [5.41, 5.74) is 1.46. The van der Waals surface area contributed by atoms with Gasteiger partial charge in [-0.15, -0.1) is 0 Å². The van der Waals surface area contributed by atoms with E-state index < -0.39 is 41.0 Å². The van der Waals surface area contributed by atoms with Crippen LogP contribution in [0.25, 0.3) is 87.8 Å². The van der Waals surface area contributed by atoms with Gasteiger partial charge in [-0.25, -0.2) is 31.5 Å². The average molecular weight is 1760 g/mol. The Kier molecular flexibility index (Phi) is 30.2. The van der Waals surface area contributed by atoms with Crippen molar-refractivity contribution in [3.8, 4) is 63.2 Å². The van der Waals surface area contributed by atoms with Gasteiger partial charge in [0.05, 0.1) is 70.0 Å². The van der Waals surface area contributed by atoms with Crippen molar-refractivity contribution in [1.29, 1.82) is 0 Å². The zero-order valence-electron chi connectivity index (χ0n) is 67.0. The summed E-state index contributed by atoms with van der Waals surface area (Å²) in [6.45, 7) is 2.48. The molecule has 29 heteroatoms. The van der Waals surface area contributed by atoms with Crippen LogP contribution < -0.4 is 54.9 Å². The van der Waals surface area contributed by atoms with Gasteiger partial charge in [-0.05, 0) is 208 Å². The Hall–Kier alpha value is -15.1. The van der Waals surface area contributed by atoms with E-state index >= 15 is 0 Å². The summed E-state index contributed by atoms with van der Waals surface area (Å²) in [5, 5.41) is 39.3. The van der Waals surface area contributed by atoms with Crippen LogP contribution >= 0.6 is 15.9 Å². The van der Waals surface area contributed by atoms with E-state index in [4.69, 9.17) is 66.1 Å². The van der Waals surface area contributed by atoms with Crippen molar-refractivity contribution in [2.75, 3.05) is 75.8 Å². The highest BCUT2D eigenvalue weighted by Gasteiger charge is 2.20. The van der Waals surface area contributed by atoms with Gasteiger partial charge in [0.15, 0.2) is 68.3 Å². The van der Waals surface area contributed by atoms with Crippen LogP contribution in [0.1, 0.15) is 20.7 Å². The average Bonchev–Trinajstić information content (AvgIpc) is 0.777. The molecule has 0 unspecified atom stereocenters. The lowest BCUT2D eigenvalue weighted by Gasteiger charge is -2.12. The molecule has 0 saturated heterocycles. The fourth-order valence-corrected chi connectivity index (χ4v) is 12.5. The summed E-state index contributed by atoms with van der Waals surface area (Å²) < 4.78 is 126. The van der Waals surface area contributed by atoms with Crippen molar-refractivity contribution >= 4 is 116 Å². The number of aromatic carboxylic acids is 2. The van der Waals surface area contributed by atoms with E-state index in [-0.39, 0.29) is 82.3 Å². The summed E-state index contributed by atoms with van der Waals surface area (Å²) in [6, 6.07) is 66.6. The maximum Gasteiger partial charge on any atom is 0.339 e. The standard InChI is InChI=1S/C23H21NO4.C17H16FNO3.C14H11FO4.C14H9FO3.C13H7FO3.C7H4BrFO2.C7H8O2/c1-24(2)13-14-26-20-10-6-9-19-22(25)18-12-11-17(15-21(18)28-23(19)20)27-16-7-4-3-5-8-16;1-19(2)8-9-21-14-5-3-4-13-16(20)12-7-6-11(18)10-15(12)22-17(13)14;1-18-11-4-2-3-5-12(11)19-13-8-9(15)6-7-10(13)14(16)17;1-17-11-4-2-3-10-13(16)9-6-5-8(15)7-12(9)18-14(10)11;14-7-4-5-8-11(6-7)17-13-9(12(8)16)2-1-3-10(13)15;8-6-3-4(9)1-2-5(6)7(10)11;1-9-7-5-3-2-4-6(7)8/h3-12,15H,13-14H2,1-2H3;3-7,10H,8-9H2,1-2H3;2-8H,1H3,(H,16,17);2-7H,1H3;1-6,15H;1-3H,(H,10,11);2-5,8H,1H3. The number of hydrogen-bond acceptors (Lipinski definition) is 21. The first-order valence-electron chi connectivity index (χ1n) is 37.4. The molecule has 0 fully saturated rings. The van der Waals surface area contributed by atoms with Crippen LogP contribution in [-0.2, 0) is 0 Å². The van der Waals surface area contributed by atoms with E-state index in [1.54, 1.807) is 121 Å². The third kappa shape index (κ3) is 22.5. The van der Waals surface area contributed by atoms with Crippen LogP contribution in [0, 0.1) is 29.1 Å². The van der Waals surface area contributed by atoms with Crippen molar-refractivity contribution < 1.29 is 103 Å². The van der Waals surface area contributed by atoms with Gasteiger partial charge < -0.3 is 81.1 Å². The highest BCUT2D eigenvalue weighted by molar-refractivity contribution is 9.10. The molecule has 17 aromatic rings. The Balaban J connectivity index is 0.000000144. The lowest BCUT2D eigenvalue weighted by Crippen LogP contribution is -2.19. The van der Waals surface area contributed by atoms with Crippen LogP contribution in [0.4, 0.5) is 22.0 Å². The number of phenols is 2. The predicted molar refractivity (Wildman–Crippen MR) is 465 cm³/mol. The number of para-hydroxylation sites is 9. The predicted octanol–water partition coefficient (Wildman–Crippen LogP) is 20.6. The van der Waals surface area contributed by atoms with Crippen LogP contribution in [0.2, 0.25) is 0 Å². The van der Waals surface area contributed by atoms with Crippen molar-refractivity contribution in [3.05, 3.63) is 346 Å². The monoisotopic (exact) mass is 1750 g/mol. The number of carboxylic acids is 2. The second kappa shape index (κ2) is 41.7. The largest absolute Gasteiger partial charge is 0.504 e. The molecule has 0 aliphatic heterocycles. The number of carbonyl (C=O) groups is 2. The summed E-state index contributed by atoms with van der Waals surface area (Å²) >= 11 is 2.93. The number of carboxylic acid groups (broad SMARTS) is 2. The molecule has 13 aromatic carbocycles. The Bertz CT molecular complexity index is 6990. The molecule has 0 amide bonds. The summed E-state index contributed by atoms with van der Waals surface area (Å²) in [4.78, 5) is 75.2. The molecule has 634 valence electrons. The lowest BCUT2D eigenvalue weighted by atomic mass is 10.1. The van der Waals surface area contributed by atoms with Gasteiger partial charge in [-0.3, -0.25) is 19.2 Å². The highest BCUT2D eigenvalue weighted by Crippen LogP contribution is 2.36. The van der Waals surface area contributed by atoms with E-state index in [0.717, 1.165) is 55.2 Å².